The number of rotatable bonds is 3. The molecule has 3 heteroatoms. The van der Waals surface area contributed by atoms with Crippen molar-refractivity contribution in [1.82, 2.24) is 0 Å². The van der Waals surface area contributed by atoms with Crippen LogP contribution in [0.15, 0.2) is 47.8 Å². The van der Waals surface area contributed by atoms with Gasteiger partial charge in [0.05, 0.1) is 9.85 Å². The van der Waals surface area contributed by atoms with Gasteiger partial charge in [-0.25, -0.2) is 0 Å². The maximum absolute atomic E-state index is 6.35. The third-order valence-corrected chi connectivity index (χ3v) is 6.35. The fourth-order valence-corrected chi connectivity index (χ4v) is 4.69. The normalized spacial score (nSPS) is 12.8. The Labute approximate surface area is 136 Å². The van der Waals surface area contributed by atoms with Crippen molar-refractivity contribution < 1.29 is 0 Å². The standard InChI is InChI=1S/C17H14BrClS/c1-11-10-20-17(16(11)19)15(18)9-12-6-7-13-4-2-3-5-14(13)8-12/h2-8,10,15H,9H2,1H3. The van der Waals surface area contributed by atoms with Gasteiger partial charge in [0.1, 0.15) is 0 Å². The number of aryl methyl sites for hydroxylation is 1. The first-order chi connectivity index (χ1) is 9.65. The third kappa shape index (κ3) is 2.78. The van der Waals surface area contributed by atoms with Crippen LogP contribution >= 0.6 is 38.9 Å². The molecular formula is C17H14BrClS. The predicted octanol–water partition coefficient (Wildman–Crippen LogP) is 6.54. The lowest BCUT2D eigenvalue weighted by Crippen LogP contribution is -1.94. The molecule has 0 bridgehead atoms. The Balaban J connectivity index is 1.87. The number of benzene rings is 2. The molecule has 1 aromatic heterocycles. The molecule has 102 valence electrons. The van der Waals surface area contributed by atoms with E-state index in [9.17, 15) is 0 Å². The highest BCUT2D eigenvalue weighted by atomic mass is 79.9. The van der Waals surface area contributed by atoms with E-state index in [4.69, 9.17) is 11.6 Å². The first-order valence-electron chi connectivity index (χ1n) is 6.50. The summed E-state index contributed by atoms with van der Waals surface area (Å²) in [7, 11) is 0. The summed E-state index contributed by atoms with van der Waals surface area (Å²) in [4.78, 5) is 1.49. The van der Waals surface area contributed by atoms with Gasteiger partial charge in [0, 0.05) is 4.88 Å². The molecule has 1 heterocycles. The van der Waals surface area contributed by atoms with Crippen molar-refractivity contribution in [1.29, 1.82) is 0 Å². The molecule has 0 spiro atoms. The van der Waals surface area contributed by atoms with Gasteiger partial charge in [0.2, 0.25) is 0 Å². The van der Waals surface area contributed by atoms with E-state index in [1.54, 1.807) is 11.3 Å². The lowest BCUT2D eigenvalue weighted by atomic mass is 10.0. The summed E-state index contributed by atoms with van der Waals surface area (Å²) in [6, 6.07) is 15.1. The van der Waals surface area contributed by atoms with Gasteiger partial charge in [-0.3, -0.25) is 0 Å². The summed E-state index contributed by atoms with van der Waals surface area (Å²) in [6.07, 6.45) is 0.949. The minimum atomic E-state index is 0.273. The fraction of sp³-hybridized carbons (Fsp3) is 0.176. The molecule has 1 unspecified atom stereocenters. The maximum atomic E-state index is 6.35. The highest BCUT2D eigenvalue weighted by molar-refractivity contribution is 9.09. The van der Waals surface area contributed by atoms with E-state index < -0.39 is 0 Å². The average Bonchev–Trinajstić information content (AvgIpc) is 2.79. The minimum absolute atomic E-state index is 0.273. The monoisotopic (exact) mass is 364 g/mol. The van der Waals surface area contributed by atoms with Crippen LogP contribution in [0.25, 0.3) is 10.8 Å². The molecule has 0 nitrogen and oxygen atoms in total. The van der Waals surface area contributed by atoms with Gasteiger partial charge >= 0.3 is 0 Å². The zero-order chi connectivity index (χ0) is 14.1. The second kappa shape index (κ2) is 5.88. The van der Waals surface area contributed by atoms with Crippen LogP contribution in [0, 0.1) is 6.92 Å². The minimum Gasteiger partial charge on any atom is -0.146 e. The van der Waals surface area contributed by atoms with Crippen molar-refractivity contribution in [3.05, 3.63) is 68.9 Å². The van der Waals surface area contributed by atoms with Gasteiger partial charge in [0.25, 0.3) is 0 Å². The van der Waals surface area contributed by atoms with Gasteiger partial charge < -0.3 is 0 Å². The first-order valence-corrected chi connectivity index (χ1v) is 8.67. The fourth-order valence-electron chi connectivity index (χ4n) is 2.33. The number of hydrogen-bond acceptors (Lipinski definition) is 1. The van der Waals surface area contributed by atoms with E-state index in [0.717, 1.165) is 17.0 Å². The number of thiophene rings is 1. The van der Waals surface area contributed by atoms with E-state index in [0.29, 0.717) is 0 Å². The molecule has 0 N–H and O–H groups in total. The highest BCUT2D eigenvalue weighted by Crippen LogP contribution is 2.38. The largest absolute Gasteiger partial charge is 0.146 e. The van der Waals surface area contributed by atoms with E-state index in [1.807, 2.05) is 0 Å². The topological polar surface area (TPSA) is 0 Å². The molecule has 0 amide bonds. The molecule has 20 heavy (non-hydrogen) atoms. The lowest BCUT2D eigenvalue weighted by molar-refractivity contribution is 0.971. The number of alkyl halides is 1. The van der Waals surface area contributed by atoms with Crippen molar-refractivity contribution in [3.63, 3.8) is 0 Å². The van der Waals surface area contributed by atoms with Crippen LogP contribution in [-0.4, -0.2) is 0 Å². The van der Waals surface area contributed by atoms with Gasteiger partial charge in [-0.15, -0.1) is 11.3 Å². The number of fused-ring (bicyclic) bond motifs is 1. The maximum Gasteiger partial charge on any atom is 0.0585 e. The summed E-state index contributed by atoms with van der Waals surface area (Å²) in [5, 5.41) is 5.59. The van der Waals surface area contributed by atoms with E-state index in [-0.39, 0.29) is 4.83 Å². The summed E-state index contributed by atoms with van der Waals surface area (Å²) in [5.74, 6) is 0. The molecule has 3 rings (SSSR count). The van der Waals surface area contributed by atoms with E-state index >= 15 is 0 Å². The Morgan fingerprint density at radius 2 is 1.90 bits per heavy atom. The van der Waals surface area contributed by atoms with Crippen molar-refractivity contribution in [2.75, 3.05) is 0 Å². The van der Waals surface area contributed by atoms with Crippen LogP contribution in [0.2, 0.25) is 5.02 Å². The Hall–Kier alpha value is -0.830. The zero-order valence-corrected chi connectivity index (χ0v) is 14.2. The van der Waals surface area contributed by atoms with Crippen LogP contribution < -0.4 is 0 Å². The molecule has 0 aliphatic carbocycles. The second-order valence-corrected chi connectivity index (χ2v) is 7.34. The van der Waals surface area contributed by atoms with Gasteiger partial charge in [-0.2, -0.15) is 0 Å². The Morgan fingerprint density at radius 1 is 1.15 bits per heavy atom. The summed E-state index contributed by atoms with van der Waals surface area (Å²) in [6.45, 7) is 2.05. The van der Waals surface area contributed by atoms with E-state index in [2.05, 4.69) is 70.7 Å². The number of halogens is 2. The van der Waals surface area contributed by atoms with Crippen LogP contribution in [0.5, 0.6) is 0 Å². The highest BCUT2D eigenvalue weighted by Gasteiger charge is 2.15. The van der Waals surface area contributed by atoms with E-state index in [1.165, 1.54) is 21.2 Å². The van der Waals surface area contributed by atoms with Crippen LogP contribution in [-0.2, 0) is 6.42 Å². The van der Waals surface area contributed by atoms with Crippen molar-refractivity contribution >= 4 is 49.6 Å². The summed E-state index contributed by atoms with van der Waals surface area (Å²) in [5.41, 5.74) is 2.49. The van der Waals surface area contributed by atoms with Crippen LogP contribution in [0.3, 0.4) is 0 Å². The molecule has 1 atom stereocenters. The number of hydrogen-bond donors (Lipinski definition) is 0. The average molecular weight is 366 g/mol. The van der Waals surface area contributed by atoms with Gasteiger partial charge in [0.15, 0.2) is 0 Å². The molecule has 0 radical (unpaired) electrons. The predicted molar refractivity (Wildman–Crippen MR) is 93.4 cm³/mol. The third-order valence-electron chi connectivity index (χ3n) is 3.44. The SMILES string of the molecule is Cc1csc(C(Br)Cc2ccc3ccccc3c2)c1Cl. The molecule has 0 saturated carbocycles. The summed E-state index contributed by atoms with van der Waals surface area (Å²) >= 11 is 11.9. The Bertz CT molecular complexity index is 748. The molecule has 0 fully saturated rings. The van der Waals surface area contributed by atoms with Crippen LogP contribution in [0.1, 0.15) is 20.8 Å². The van der Waals surface area contributed by atoms with Crippen molar-refractivity contribution in [2.24, 2.45) is 0 Å². The molecule has 0 aliphatic heterocycles. The second-order valence-electron chi connectivity index (χ2n) is 4.95. The van der Waals surface area contributed by atoms with Crippen molar-refractivity contribution in [2.45, 2.75) is 18.2 Å². The lowest BCUT2D eigenvalue weighted by Gasteiger charge is -2.10. The Morgan fingerprint density at radius 3 is 2.60 bits per heavy atom. The van der Waals surface area contributed by atoms with Gasteiger partial charge in [-0.1, -0.05) is 70.0 Å². The molecule has 2 aromatic carbocycles. The first kappa shape index (κ1) is 14.1. The summed E-state index contributed by atoms with van der Waals surface area (Å²) < 4.78 is 0. The Kier molecular flexibility index (Phi) is 4.16. The van der Waals surface area contributed by atoms with Crippen molar-refractivity contribution in [3.8, 4) is 0 Å². The molecule has 3 aromatic rings. The molecule has 0 aliphatic rings. The molecular weight excluding hydrogens is 352 g/mol. The van der Waals surface area contributed by atoms with Gasteiger partial charge in [-0.05, 0) is 40.6 Å². The van der Waals surface area contributed by atoms with Crippen LogP contribution in [0.4, 0.5) is 0 Å². The zero-order valence-electron chi connectivity index (χ0n) is 11.1. The quantitative estimate of drug-likeness (QED) is 0.462. The molecule has 0 saturated heterocycles. The smallest absolute Gasteiger partial charge is 0.0585 e.